The van der Waals surface area contributed by atoms with E-state index in [0.717, 1.165) is 23.8 Å². The Hall–Kier alpha value is -3.04. The largest absolute Gasteiger partial charge is 0.416 e. The van der Waals surface area contributed by atoms with Crippen molar-refractivity contribution >= 4 is 38.9 Å². The van der Waals surface area contributed by atoms with Crippen molar-refractivity contribution in [2.45, 2.75) is 37.4 Å². The van der Waals surface area contributed by atoms with Gasteiger partial charge in [0.1, 0.15) is 0 Å². The number of sulfonamides is 1. The number of hydrogen-bond acceptors (Lipinski definition) is 3. The first-order valence-corrected chi connectivity index (χ1v) is 12.1. The lowest BCUT2D eigenvalue weighted by atomic mass is 10.1. The number of halogens is 4. The predicted molar refractivity (Wildman–Crippen MR) is 125 cm³/mol. The smallest absolute Gasteiger partial charge is 0.321 e. The summed E-state index contributed by atoms with van der Waals surface area (Å²) in [6.45, 7) is 3.64. The molecule has 34 heavy (non-hydrogen) atoms. The Morgan fingerprint density at radius 3 is 2.38 bits per heavy atom. The van der Waals surface area contributed by atoms with Crippen molar-refractivity contribution in [3.8, 4) is 0 Å². The van der Waals surface area contributed by atoms with Crippen molar-refractivity contribution in [3.63, 3.8) is 0 Å². The normalized spacial score (nSPS) is 15.8. The number of nitrogens with zero attached hydrogens (tertiary/aromatic N) is 1. The van der Waals surface area contributed by atoms with Gasteiger partial charge in [0.2, 0.25) is 0 Å². The molecule has 0 saturated carbocycles. The van der Waals surface area contributed by atoms with Crippen molar-refractivity contribution in [1.29, 1.82) is 0 Å². The van der Waals surface area contributed by atoms with Gasteiger partial charge in [0, 0.05) is 11.6 Å². The fourth-order valence-corrected chi connectivity index (χ4v) is 5.78. The summed E-state index contributed by atoms with van der Waals surface area (Å²) in [5.41, 5.74) is 1.11. The van der Waals surface area contributed by atoms with E-state index in [4.69, 9.17) is 11.6 Å². The van der Waals surface area contributed by atoms with Crippen molar-refractivity contribution < 1.29 is 26.4 Å². The molecule has 0 aromatic heterocycles. The summed E-state index contributed by atoms with van der Waals surface area (Å²) in [4.78, 5) is 12.9. The van der Waals surface area contributed by atoms with Crippen LogP contribution in [0.3, 0.4) is 0 Å². The Morgan fingerprint density at radius 1 is 1.06 bits per heavy atom. The van der Waals surface area contributed by atoms with E-state index >= 15 is 0 Å². The fourth-order valence-electron chi connectivity index (χ4n) is 3.93. The predicted octanol–water partition coefficient (Wildman–Crippen LogP) is 6.06. The molecule has 4 rings (SSSR count). The second kappa shape index (κ2) is 8.63. The van der Waals surface area contributed by atoms with E-state index in [-0.39, 0.29) is 27.2 Å². The lowest BCUT2D eigenvalue weighted by Crippen LogP contribution is -2.35. The van der Waals surface area contributed by atoms with Crippen LogP contribution in [0.1, 0.15) is 34.0 Å². The summed E-state index contributed by atoms with van der Waals surface area (Å²) in [7, 11) is -3.82. The molecule has 1 N–H and O–H groups in total. The maximum Gasteiger partial charge on any atom is 0.416 e. The van der Waals surface area contributed by atoms with Crippen molar-refractivity contribution in [1.82, 2.24) is 0 Å². The third-order valence-corrected chi connectivity index (χ3v) is 7.89. The van der Waals surface area contributed by atoms with Crippen LogP contribution in [-0.2, 0) is 22.6 Å². The topological polar surface area (TPSA) is 66.5 Å². The van der Waals surface area contributed by atoms with Gasteiger partial charge >= 0.3 is 6.18 Å². The number of nitrogens with one attached hydrogen (secondary N) is 1. The molecule has 0 saturated heterocycles. The number of amides is 1. The summed E-state index contributed by atoms with van der Waals surface area (Å²) in [6.07, 6.45) is -4.20. The zero-order valence-corrected chi connectivity index (χ0v) is 19.7. The maximum atomic E-state index is 13.3. The standard InChI is InChI=1S/C24H20ClF3N2O3S/c1-14-3-7-19(8-4-14)34(32,33)30-15(2)11-17-12-16(5-10-22(17)30)23(31)29-21-13-18(24(26,27)28)6-9-20(21)25/h3-10,12-13,15H,11H2,1-2H3,(H,29,31)/t15-/m1/s1. The van der Waals surface area contributed by atoms with Gasteiger partial charge in [0.05, 0.1) is 26.9 Å². The molecule has 0 unspecified atom stereocenters. The zero-order chi connectivity index (χ0) is 24.8. The molecule has 0 fully saturated rings. The molecule has 1 aliphatic heterocycles. The fraction of sp³-hybridized carbons (Fsp3) is 0.208. The number of hydrogen-bond donors (Lipinski definition) is 1. The molecule has 0 aliphatic carbocycles. The molecule has 0 bridgehead atoms. The first-order valence-electron chi connectivity index (χ1n) is 10.3. The Labute approximate surface area is 200 Å². The minimum absolute atomic E-state index is 0.0356. The van der Waals surface area contributed by atoms with Gasteiger partial charge in [0.25, 0.3) is 15.9 Å². The summed E-state index contributed by atoms with van der Waals surface area (Å²) in [6, 6.07) is 13.4. The number of carbonyl (C=O) groups is 1. The van der Waals surface area contributed by atoms with Crippen LogP contribution in [0.25, 0.3) is 0 Å². The summed E-state index contributed by atoms with van der Waals surface area (Å²) < 4.78 is 66.9. The van der Waals surface area contributed by atoms with E-state index in [1.807, 2.05) is 6.92 Å². The minimum Gasteiger partial charge on any atom is -0.321 e. The molecule has 3 aromatic rings. The molecular weight excluding hydrogens is 489 g/mol. The highest BCUT2D eigenvalue weighted by molar-refractivity contribution is 7.92. The van der Waals surface area contributed by atoms with Gasteiger partial charge in [-0.25, -0.2) is 8.42 Å². The molecule has 3 aromatic carbocycles. The second-order valence-corrected chi connectivity index (χ2v) is 10.4. The lowest BCUT2D eigenvalue weighted by Gasteiger charge is -2.24. The molecule has 1 heterocycles. The van der Waals surface area contributed by atoms with Gasteiger partial charge in [-0.1, -0.05) is 29.3 Å². The third kappa shape index (κ3) is 4.50. The summed E-state index contributed by atoms with van der Waals surface area (Å²) in [5, 5.41) is 2.38. The van der Waals surface area contributed by atoms with Crippen LogP contribution in [0.5, 0.6) is 0 Å². The highest BCUT2D eigenvalue weighted by atomic mass is 35.5. The molecule has 178 valence electrons. The van der Waals surface area contributed by atoms with E-state index in [9.17, 15) is 26.4 Å². The van der Waals surface area contributed by atoms with E-state index in [2.05, 4.69) is 5.32 Å². The van der Waals surface area contributed by atoms with Crippen LogP contribution in [-0.4, -0.2) is 20.4 Å². The molecular formula is C24H20ClF3N2O3S. The Morgan fingerprint density at radius 2 is 1.74 bits per heavy atom. The van der Waals surface area contributed by atoms with Gasteiger partial charge < -0.3 is 5.32 Å². The number of fused-ring (bicyclic) bond motifs is 1. The van der Waals surface area contributed by atoms with Gasteiger partial charge in [-0.3, -0.25) is 9.10 Å². The highest BCUT2D eigenvalue weighted by Gasteiger charge is 2.36. The van der Waals surface area contributed by atoms with Crippen LogP contribution in [0.2, 0.25) is 5.02 Å². The zero-order valence-electron chi connectivity index (χ0n) is 18.2. The molecule has 0 radical (unpaired) electrons. The van der Waals surface area contributed by atoms with E-state index < -0.39 is 27.7 Å². The van der Waals surface area contributed by atoms with Crippen molar-refractivity contribution in [3.05, 3.63) is 87.9 Å². The molecule has 1 atom stereocenters. The first-order chi connectivity index (χ1) is 15.9. The van der Waals surface area contributed by atoms with Gasteiger partial charge in [-0.15, -0.1) is 0 Å². The van der Waals surface area contributed by atoms with Gasteiger partial charge in [0.15, 0.2) is 0 Å². The quantitative estimate of drug-likeness (QED) is 0.466. The third-order valence-electron chi connectivity index (χ3n) is 5.61. The number of alkyl halides is 3. The number of benzene rings is 3. The van der Waals surface area contributed by atoms with Crippen LogP contribution in [0, 0.1) is 6.92 Å². The molecule has 1 amide bonds. The number of rotatable bonds is 4. The SMILES string of the molecule is Cc1ccc(S(=O)(=O)N2c3ccc(C(=O)Nc4cc(C(F)(F)F)ccc4Cl)cc3C[C@H]2C)cc1. The van der Waals surface area contributed by atoms with Crippen molar-refractivity contribution in [2.75, 3.05) is 9.62 Å². The second-order valence-electron chi connectivity index (χ2n) is 8.16. The van der Waals surface area contributed by atoms with E-state index in [1.54, 1.807) is 37.3 Å². The Balaban J connectivity index is 1.62. The molecule has 10 heteroatoms. The maximum absolute atomic E-state index is 13.3. The first kappa shape index (κ1) is 24.1. The molecule has 0 spiro atoms. The molecule has 5 nitrogen and oxygen atoms in total. The summed E-state index contributed by atoms with van der Waals surface area (Å²) >= 11 is 5.97. The Bertz CT molecular complexity index is 1370. The van der Waals surface area contributed by atoms with E-state index in [1.165, 1.54) is 16.4 Å². The van der Waals surface area contributed by atoms with Crippen LogP contribution in [0.15, 0.2) is 65.6 Å². The highest BCUT2D eigenvalue weighted by Crippen LogP contribution is 2.38. The van der Waals surface area contributed by atoms with Crippen LogP contribution >= 0.6 is 11.6 Å². The lowest BCUT2D eigenvalue weighted by molar-refractivity contribution is -0.137. The average molecular weight is 509 g/mol. The number of anilines is 2. The Kier molecular flexibility index (Phi) is 6.12. The minimum atomic E-state index is -4.58. The van der Waals surface area contributed by atoms with Crippen molar-refractivity contribution in [2.24, 2.45) is 0 Å². The van der Waals surface area contributed by atoms with Crippen LogP contribution in [0.4, 0.5) is 24.5 Å². The van der Waals surface area contributed by atoms with Gasteiger partial charge in [-0.2, -0.15) is 13.2 Å². The van der Waals surface area contributed by atoms with Crippen LogP contribution < -0.4 is 9.62 Å². The van der Waals surface area contributed by atoms with Gasteiger partial charge in [-0.05, 0) is 74.4 Å². The monoisotopic (exact) mass is 508 g/mol. The van der Waals surface area contributed by atoms with E-state index in [0.29, 0.717) is 17.7 Å². The number of carbonyl (C=O) groups excluding carboxylic acids is 1. The average Bonchev–Trinajstić information content (AvgIpc) is 3.10. The number of aryl methyl sites for hydroxylation is 1. The summed E-state index contributed by atoms with van der Waals surface area (Å²) in [5.74, 6) is -0.656. The molecule has 1 aliphatic rings.